The van der Waals surface area contributed by atoms with Crippen molar-refractivity contribution in [2.45, 2.75) is 69.9 Å². The fraction of sp³-hybridized carbons (Fsp3) is 0.684. The molecule has 27 heavy (non-hydrogen) atoms. The monoisotopic (exact) mass is 399 g/mol. The highest BCUT2D eigenvalue weighted by molar-refractivity contribution is 7.46. The number of phosphoric acid groups is 1. The van der Waals surface area contributed by atoms with E-state index in [1.165, 1.54) is 19.3 Å². The second-order valence-electron chi connectivity index (χ2n) is 7.37. The fourth-order valence-corrected chi connectivity index (χ4v) is 3.41. The van der Waals surface area contributed by atoms with Crippen LogP contribution in [0.15, 0.2) is 16.5 Å². The van der Waals surface area contributed by atoms with E-state index in [1.807, 2.05) is 12.1 Å². The Bertz CT molecular complexity index is 678. The highest BCUT2D eigenvalue weighted by Gasteiger charge is 2.24. The van der Waals surface area contributed by atoms with Gasteiger partial charge in [-0.05, 0) is 44.2 Å². The van der Waals surface area contributed by atoms with Crippen molar-refractivity contribution in [2.75, 3.05) is 13.2 Å². The maximum absolute atomic E-state index is 10.8. The van der Waals surface area contributed by atoms with Crippen molar-refractivity contribution >= 4 is 7.82 Å². The highest BCUT2D eigenvalue weighted by atomic mass is 31.2. The topological polar surface area (TPSA) is 115 Å². The first-order valence-electron chi connectivity index (χ1n) is 9.42. The van der Waals surface area contributed by atoms with Crippen LogP contribution < -0.4 is 5.73 Å². The number of furan rings is 1. The first-order valence-corrected chi connectivity index (χ1v) is 10.9. The van der Waals surface area contributed by atoms with Crippen LogP contribution in [-0.2, 0) is 20.2 Å². The molecule has 4 N–H and O–H groups in total. The van der Waals surface area contributed by atoms with Gasteiger partial charge in [-0.3, -0.25) is 4.52 Å². The summed E-state index contributed by atoms with van der Waals surface area (Å²) in [5.41, 5.74) is 5.14. The first-order chi connectivity index (χ1) is 12.7. The van der Waals surface area contributed by atoms with Crippen LogP contribution in [0.3, 0.4) is 0 Å². The molecule has 0 aromatic carbocycles. The molecule has 0 aliphatic heterocycles. The van der Waals surface area contributed by atoms with Crippen LogP contribution in [-0.4, -0.2) is 34.6 Å². The van der Waals surface area contributed by atoms with Gasteiger partial charge < -0.3 is 24.7 Å². The summed E-state index contributed by atoms with van der Waals surface area (Å²) in [6, 6.07) is 3.65. The minimum Gasteiger partial charge on any atom is -0.453 e. The molecule has 1 aliphatic rings. The van der Waals surface area contributed by atoms with Crippen LogP contribution >= 0.6 is 7.82 Å². The lowest BCUT2D eigenvalue weighted by atomic mass is 9.98. The molecule has 0 saturated heterocycles. The molecule has 8 heteroatoms. The molecule has 1 aromatic heterocycles. The predicted molar refractivity (Wildman–Crippen MR) is 102 cm³/mol. The van der Waals surface area contributed by atoms with Crippen molar-refractivity contribution in [1.82, 2.24) is 0 Å². The number of rotatable bonds is 9. The Balaban J connectivity index is 1.69. The molecule has 1 fully saturated rings. The third-order valence-electron chi connectivity index (χ3n) is 4.51. The third kappa shape index (κ3) is 9.57. The van der Waals surface area contributed by atoms with E-state index in [4.69, 9.17) is 24.7 Å². The molecule has 7 nitrogen and oxygen atoms in total. The van der Waals surface area contributed by atoms with Gasteiger partial charge >= 0.3 is 7.82 Å². The van der Waals surface area contributed by atoms with Gasteiger partial charge in [-0.2, -0.15) is 0 Å². The minimum atomic E-state index is -4.51. The zero-order chi connectivity index (χ0) is 19.8. The maximum atomic E-state index is 10.8. The van der Waals surface area contributed by atoms with Gasteiger partial charge in [0.25, 0.3) is 0 Å². The minimum absolute atomic E-state index is 0.231. The molecule has 1 aliphatic carbocycles. The summed E-state index contributed by atoms with van der Waals surface area (Å²) in [4.78, 5) is 17.5. The zero-order valence-electron chi connectivity index (χ0n) is 15.9. The normalized spacial score (nSPS) is 17.9. The lowest BCUT2D eigenvalue weighted by Crippen LogP contribution is -2.41. The molecular weight excluding hydrogens is 369 g/mol. The summed E-state index contributed by atoms with van der Waals surface area (Å²) >= 11 is 0. The summed E-state index contributed by atoms with van der Waals surface area (Å²) in [6.07, 6.45) is 8.23. The molecule has 1 saturated carbocycles. The van der Waals surface area contributed by atoms with E-state index in [0.717, 1.165) is 18.6 Å². The quantitative estimate of drug-likeness (QED) is 0.332. The average molecular weight is 399 g/mol. The lowest BCUT2D eigenvalue weighted by molar-refractivity contribution is 0.0320. The summed E-state index contributed by atoms with van der Waals surface area (Å²) in [6.45, 7) is 2.10. The SMILES string of the molecule is CC(N)(CCc1ccc(C#CCCOC2CCCCC2)o1)COP(=O)(O)O. The van der Waals surface area contributed by atoms with Gasteiger partial charge in [0, 0.05) is 18.4 Å². The standard InChI is InChI=1S/C19H30NO6P/c1-19(20,15-25-27(21,22)23)13-12-18-11-10-17(26-18)9-5-6-14-24-16-7-3-2-4-8-16/h10-11,16H,2-4,6-8,12-15,20H2,1H3,(H2,21,22,23). The molecule has 0 bridgehead atoms. The smallest absolute Gasteiger partial charge is 0.453 e. The molecule has 152 valence electrons. The van der Waals surface area contributed by atoms with Crippen molar-refractivity contribution in [1.29, 1.82) is 0 Å². The van der Waals surface area contributed by atoms with E-state index in [-0.39, 0.29) is 6.61 Å². The second kappa shape index (κ2) is 10.4. The van der Waals surface area contributed by atoms with Crippen molar-refractivity contribution in [3.8, 4) is 11.8 Å². The van der Waals surface area contributed by atoms with Gasteiger partial charge in [-0.1, -0.05) is 25.2 Å². The van der Waals surface area contributed by atoms with Gasteiger partial charge in [0.2, 0.25) is 0 Å². The summed E-state index contributed by atoms with van der Waals surface area (Å²) in [5, 5.41) is 0. The van der Waals surface area contributed by atoms with Crippen LogP contribution in [0.5, 0.6) is 0 Å². The van der Waals surface area contributed by atoms with Crippen LogP contribution in [0.2, 0.25) is 0 Å². The number of hydrogen-bond donors (Lipinski definition) is 3. The second-order valence-corrected chi connectivity index (χ2v) is 8.61. The zero-order valence-corrected chi connectivity index (χ0v) is 16.7. The van der Waals surface area contributed by atoms with E-state index in [2.05, 4.69) is 16.4 Å². The summed E-state index contributed by atoms with van der Waals surface area (Å²) in [7, 11) is -4.51. The molecule has 1 atom stereocenters. The Kier molecular flexibility index (Phi) is 8.56. The number of phosphoric ester groups is 1. The van der Waals surface area contributed by atoms with E-state index < -0.39 is 13.4 Å². The molecular formula is C19H30NO6P. The lowest BCUT2D eigenvalue weighted by Gasteiger charge is -2.23. The van der Waals surface area contributed by atoms with E-state index in [0.29, 0.717) is 37.7 Å². The predicted octanol–water partition coefficient (Wildman–Crippen LogP) is 3.13. The van der Waals surface area contributed by atoms with Gasteiger partial charge in [-0.15, -0.1) is 0 Å². The molecule has 0 amide bonds. The van der Waals surface area contributed by atoms with Crippen LogP contribution in [0.25, 0.3) is 0 Å². The van der Waals surface area contributed by atoms with E-state index in [1.54, 1.807) is 6.92 Å². The molecule has 0 radical (unpaired) electrons. The molecule has 0 spiro atoms. The van der Waals surface area contributed by atoms with Gasteiger partial charge in [0.1, 0.15) is 5.76 Å². The Morgan fingerprint density at radius 1 is 1.33 bits per heavy atom. The van der Waals surface area contributed by atoms with Crippen molar-refractivity contribution in [2.24, 2.45) is 5.73 Å². The molecule has 2 rings (SSSR count). The Morgan fingerprint density at radius 3 is 2.78 bits per heavy atom. The number of nitrogens with two attached hydrogens (primary N) is 1. The molecule has 1 aromatic rings. The first kappa shape index (κ1) is 22.2. The van der Waals surface area contributed by atoms with Crippen LogP contribution in [0.1, 0.15) is 63.4 Å². The summed E-state index contributed by atoms with van der Waals surface area (Å²) < 4.78 is 26.7. The van der Waals surface area contributed by atoms with E-state index >= 15 is 0 Å². The third-order valence-corrected chi connectivity index (χ3v) is 4.98. The Hall–Kier alpha value is -1.13. The highest BCUT2D eigenvalue weighted by Crippen LogP contribution is 2.36. The molecule has 1 heterocycles. The van der Waals surface area contributed by atoms with Crippen molar-refractivity contribution in [3.05, 3.63) is 23.7 Å². The van der Waals surface area contributed by atoms with Gasteiger partial charge in [-0.25, -0.2) is 4.57 Å². The molecule has 1 unspecified atom stereocenters. The Labute approximate surface area is 160 Å². The van der Waals surface area contributed by atoms with Crippen molar-refractivity contribution < 1.29 is 28.0 Å². The average Bonchev–Trinajstić information content (AvgIpc) is 3.07. The number of ether oxygens (including phenoxy) is 1. The van der Waals surface area contributed by atoms with Crippen molar-refractivity contribution in [3.63, 3.8) is 0 Å². The van der Waals surface area contributed by atoms with Gasteiger partial charge in [0.05, 0.1) is 19.3 Å². The summed E-state index contributed by atoms with van der Waals surface area (Å²) in [5.74, 6) is 7.37. The Morgan fingerprint density at radius 2 is 2.07 bits per heavy atom. The largest absolute Gasteiger partial charge is 0.469 e. The maximum Gasteiger partial charge on any atom is 0.469 e. The van der Waals surface area contributed by atoms with Crippen LogP contribution in [0.4, 0.5) is 0 Å². The van der Waals surface area contributed by atoms with Gasteiger partial charge in [0.15, 0.2) is 5.76 Å². The van der Waals surface area contributed by atoms with E-state index in [9.17, 15) is 4.57 Å². The fourth-order valence-electron chi connectivity index (χ4n) is 2.95. The number of aryl methyl sites for hydroxylation is 1. The number of hydrogen-bond acceptors (Lipinski definition) is 5. The van der Waals surface area contributed by atoms with Crippen LogP contribution in [0, 0.1) is 11.8 Å².